The molecular weight excluding hydrogens is 260 g/mol. The zero-order chi connectivity index (χ0) is 13.0. The van der Waals surface area contributed by atoms with Crippen LogP contribution in [-0.4, -0.2) is 29.6 Å². The standard InChI is InChI=1S/C12H14N6S/c1-3-17-7(2)6-9(15-17)11-16-18-10(8-4-5-8)13-14-12(18)19-11/h6,8H,3-5H2,1-2H3. The lowest BCUT2D eigenvalue weighted by molar-refractivity contribution is 0.641. The van der Waals surface area contributed by atoms with Gasteiger partial charge < -0.3 is 0 Å². The van der Waals surface area contributed by atoms with E-state index in [9.17, 15) is 0 Å². The van der Waals surface area contributed by atoms with Crippen LogP contribution in [-0.2, 0) is 6.54 Å². The fourth-order valence-corrected chi connectivity index (χ4v) is 3.07. The van der Waals surface area contributed by atoms with Gasteiger partial charge in [-0.3, -0.25) is 4.68 Å². The van der Waals surface area contributed by atoms with E-state index in [0.717, 1.165) is 33.7 Å². The highest BCUT2D eigenvalue weighted by Crippen LogP contribution is 2.39. The molecule has 3 aromatic rings. The number of rotatable bonds is 3. The molecule has 98 valence electrons. The maximum atomic E-state index is 4.63. The molecule has 0 saturated heterocycles. The van der Waals surface area contributed by atoms with Crippen molar-refractivity contribution in [3.8, 4) is 10.7 Å². The van der Waals surface area contributed by atoms with Crippen LogP contribution < -0.4 is 0 Å². The fraction of sp³-hybridized carbons (Fsp3) is 0.500. The molecule has 0 radical (unpaired) electrons. The van der Waals surface area contributed by atoms with Crippen LogP contribution in [0.4, 0.5) is 0 Å². The molecule has 0 atom stereocenters. The molecular formula is C12H14N6S. The summed E-state index contributed by atoms with van der Waals surface area (Å²) in [5.74, 6) is 1.56. The van der Waals surface area contributed by atoms with E-state index in [1.54, 1.807) is 11.3 Å². The SMILES string of the molecule is CCn1nc(-c2nn3c(C4CC4)nnc3s2)cc1C. The van der Waals surface area contributed by atoms with Crippen molar-refractivity contribution in [2.24, 2.45) is 0 Å². The minimum atomic E-state index is 0.555. The third kappa shape index (κ3) is 1.68. The van der Waals surface area contributed by atoms with E-state index < -0.39 is 0 Å². The Morgan fingerprint density at radius 3 is 2.84 bits per heavy atom. The normalized spacial score (nSPS) is 15.5. The summed E-state index contributed by atoms with van der Waals surface area (Å²) < 4.78 is 3.87. The van der Waals surface area contributed by atoms with Gasteiger partial charge in [-0.25, -0.2) is 0 Å². The van der Waals surface area contributed by atoms with Gasteiger partial charge in [0.2, 0.25) is 4.96 Å². The van der Waals surface area contributed by atoms with Crippen LogP contribution in [0.3, 0.4) is 0 Å². The lowest BCUT2D eigenvalue weighted by Crippen LogP contribution is -1.98. The molecule has 1 aliphatic rings. The molecule has 0 unspecified atom stereocenters. The minimum Gasteiger partial charge on any atom is -0.269 e. The molecule has 0 amide bonds. The van der Waals surface area contributed by atoms with Crippen LogP contribution in [0.15, 0.2) is 6.07 Å². The van der Waals surface area contributed by atoms with Gasteiger partial charge in [0, 0.05) is 18.2 Å². The van der Waals surface area contributed by atoms with E-state index in [-0.39, 0.29) is 0 Å². The van der Waals surface area contributed by atoms with Crippen molar-refractivity contribution in [3.63, 3.8) is 0 Å². The minimum absolute atomic E-state index is 0.555. The van der Waals surface area contributed by atoms with E-state index in [0.29, 0.717) is 5.92 Å². The average Bonchev–Trinajstić information content (AvgIpc) is 2.86. The Balaban J connectivity index is 1.81. The Labute approximate surface area is 114 Å². The van der Waals surface area contributed by atoms with Crippen LogP contribution >= 0.6 is 11.3 Å². The zero-order valence-corrected chi connectivity index (χ0v) is 11.7. The number of aryl methyl sites for hydroxylation is 2. The van der Waals surface area contributed by atoms with Crippen LogP contribution in [0.2, 0.25) is 0 Å². The summed E-state index contributed by atoms with van der Waals surface area (Å²) in [4.78, 5) is 0.862. The maximum Gasteiger partial charge on any atom is 0.235 e. The van der Waals surface area contributed by atoms with Gasteiger partial charge in [0.05, 0.1) is 0 Å². The number of hydrogen-bond acceptors (Lipinski definition) is 5. The number of fused-ring (bicyclic) bond motifs is 1. The van der Waals surface area contributed by atoms with Crippen LogP contribution in [0.5, 0.6) is 0 Å². The van der Waals surface area contributed by atoms with E-state index in [2.05, 4.69) is 40.3 Å². The van der Waals surface area contributed by atoms with Gasteiger partial charge in [-0.1, -0.05) is 11.3 Å². The molecule has 1 aliphatic carbocycles. The van der Waals surface area contributed by atoms with Crippen molar-refractivity contribution in [1.82, 2.24) is 29.6 Å². The Morgan fingerprint density at radius 1 is 1.32 bits per heavy atom. The lowest BCUT2D eigenvalue weighted by atomic mass is 10.4. The molecule has 0 aromatic carbocycles. The first-order valence-electron chi connectivity index (χ1n) is 6.53. The predicted octanol–water partition coefficient (Wildman–Crippen LogP) is 2.26. The summed E-state index contributed by atoms with van der Waals surface area (Å²) in [6, 6.07) is 2.08. The van der Waals surface area contributed by atoms with Crippen molar-refractivity contribution in [2.75, 3.05) is 0 Å². The molecule has 1 saturated carbocycles. The van der Waals surface area contributed by atoms with E-state index in [1.165, 1.54) is 12.8 Å². The first kappa shape index (κ1) is 11.1. The van der Waals surface area contributed by atoms with Gasteiger partial charge in [0.25, 0.3) is 0 Å². The topological polar surface area (TPSA) is 60.9 Å². The molecule has 3 aromatic heterocycles. The van der Waals surface area contributed by atoms with E-state index in [1.807, 2.05) is 9.20 Å². The van der Waals surface area contributed by atoms with Crippen molar-refractivity contribution < 1.29 is 0 Å². The lowest BCUT2D eigenvalue weighted by Gasteiger charge is -1.95. The summed E-state index contributed by atoms with van der Waals surface area (Å²) >= 11 is 1.55. The van der Waals surface area contributed by atoms with Crippen molar-refractivity contribution in [1.29, 1.82) is 0 Å². The quantitative estimate of drug-likeness (QED) is 0.735. The van der Waals surface area contributed by atoms with Gasteiger partial charge in [0.1, 0.15) is 5.69 Å². The third-order valence-corrected chi connectivity index (χ3v) is 4.38. The highest BCUT2D eigenvalue weighted by Gasteiger charge is 2.30. The second kappa shape index (κ2) is 3.86. The number of nitrogens with zero attached hydrogens (tertiary/aromatic N) is 6. The van der Waals surface area contributed by atoms with Crippen LogP contribution in [0.25, 0.3) is 15.7 Å². The second-order valence-corrected chi connectivity index (χ2v) is 5.88. The predicted molar refractivity (Wildman–Crippen MR) is 72.3 cm³/mol. The van der Waals surface area contributed by atoms with E-state index >= 15 is 0 Å². The van der Waals surface area contributed by atoms with Crippen molar-refractivity contribution in [2.45, 2.75) is 39.2 Å². The van der Waals surface area contributed by atoms with Crippen LogP contribution in [0.1, 0.15) is 37.2 Å². The molecule has 1 fully saturated rings. The molecule has 7 heteroatoms. The highest BCUT2D eigenvalue weighted by molar-refractivity contribution is 7.19. The van der Waals surface area contributed by atoms with Gasteiger partial charge in [-0.15, -0.1) is 10.2 Å². The number of hydrogen-bond donors (Lipinski definition) is 0. The molecule has 3 heterocycles. The molecule has 0 aliphatic heterocycles. The fourth-order valence-electron chi connectivity index (χ4n) is 2.27. The summed E-state index contributed by atoms with van der Waals surface area (Å²) in [5, 5.41) is 18.5. The Morgan fingerprint density at radius 2 is 2.16 bits per heavy atom. The van der Waals surface area contributed by atoms with E-state index in [4.69, 9.17) is 0 Å². The first-order chi connectivity index (χ1) is 9.26. The summed E-state index contributed by atoms with van der Waals surface area (Å²) in [6.45, 7) is 5.03. The number of aromatic nitrogens is 6. The molecule has 6 nitrogen and oxygen atoms in total. The second-order valence-electron chi connectivity index (χ2n) is 4.92. The Bertz CT molecular complexity index is 748. The van der Waals surface area contributed by atoms with Gasteiger partial charge in [-0.05, 0) is 32.8 Å². The average molecular weight is 274 g/mol. The molecule has 0 bridgehead atoms. The monoisotopic (exact) mass is 274 g/mol. The first-order valence-corrected chi connectivity index (χ1v) is 7.35. The maximum absolute atomic E-state index is 4.63. The Kier molecular flexibility index (Phi) is 2.26. The summed E-state index contributed by atoms with van der Waals surface area (Å²) in [5.41, 5.74) is 2.09. The van der Waals surface area contributed by atoms with Crippen LogP contribution in [0, 0.1) is 6.92 Å². The summed E-state index contributed by atoms with van der Waals surface area (Å²) in [6.07, 6.45) is 2.41. The van der Waals surface area contributed by atoms with Gasteiger partial charge >= 0.3 is 0 Å². The highest BCUT2D eigenvalue weighted by atomic mass is 32.1. The zero-order valence-electron chi connectivity index (χ0n) is 10.9. The van der Waals surface area contributed by atoms with Crippen molar-refractivity contribution in [3.05, 3.63) is 17.6 Å². The molecule has 0 spiro atoms. The van der Waals surface area contributed by atoms with Gasteiger partial charge in [0.15, 0.2) is 10.8 Å². The van der Waals surface area contributed by atoms with Gasteiger partial charge in [-0.2, -0.15) is 14.7 Å². The third-order valence-electron chi connectivity index (χ3n) is 3.46. The summed E-state index contributed by atoms with van der Waals surface area (Å²) in [7, 11) is 0. The molecule has 0 N–H and O–H groups in total. The van der Waals surface area contributed by atoms with Crippen molar-refractivity contribution >= 4 is 16.3 Å². The largest absolute Gasteiger partial charge is 0.269 e. The molecule has 4 rings (SSSR count). The molecule has 19 heavy (non-hydrogen) atoms. The smallest absolute Gasteiger partial charge is 0.235 e. The Hall–Kier alpha value is -1.76.